The zero-order valence-corrected chi connectivity index (χ0v) is 16.7. The Bertz CT molecular complexity index is 1100. The van der Waals surface area contributed by atoms with Crippen molar-refractivity contribution in [2.24, 2.45) is 0 Å². The van der Waals surface area contributed by atoms with Gasteiger partial charge in [-0.1, -0.05) is 12.1 Å². The molecule has 5 nitrogen and oxygen atoms in total. The highest BCUT2D eigenvalue weighted by atomic mass is 19.4. The number of ketones is 1. The van der Waals surface area contributed by atoms with E-state index in [-0.39, 0.29) is 17.0 Å². The maximum absolute atomic E-state index is 13.4. The first-order chi connectivity index (χ1) is 14.8. The van der Waals surface area contributed by atoms with Gasteiger partial charge < -0.3 is 10.6 Å². The van der Waals surface area contributed by atoms with E-state index in [1.54, 1.807) is 31.5 Å². The van der Waals surface area contributed by atoms with E-state index < -0.39 is 23.6 Å². The van der Waals surface area contributed by atoms with Gasteiger partial charge in [0.05, 0.1) is 11.3 Å². The van der Waals surface area contributed by atoms with Crippen LogP contribution >= 0.6 is 0 Å². The normalized spacial score (nSPS) is 19.1. The minimum Gasteiger partial charge on any atom is -0.362 e. The van der Waals surface area contributed by atoms with E-state index in [9.17, 15) is 22.8 Å². The molecule has 1 amide bonds. The molecule has 1 aromatic carbocycles. The number of amides is 1. The van der Waals surface area contributed by atoms with Crippen molar-refractivity contribution in [3.05, 3.63) is 82.5 Å². The summed E-state index contributed by atoms with van der Waals surface area (Å²) in [7, 11) is 0. The van der Waals surface area contributed by atoms with Crippen LogP contribution in [0.4, 0.5) is 18.9 Å². The number of Topliss-reactive ketones (excluding diaryl/α,β-unsaturated/α-hetero) is 1. The number of pyridine rings is 1. The lowest BCUT2D eigenvalue weighted by atomic mass is 9.75. The number of nitrogens with zero attached hydrogens (tertiary/aromatic N) is 1. The molecule has 4 rings (SSSR count). The molecular formula is C23H20F3N3O2. The summed E-state index contributed by atoms with van der Waals surface area (Å²) in [5, 5.41) is 5.57. The van der Waals surface area contributed by atoms with Gasteiger partial charge in [-0.2, -0.15) is 13.2 Å². The van der Waals surface area contributed by atoms with Crippen LogP contribution in [0.3, 0.4) is 0 Å². The van der Waals surface area contributed by atoms with E-state index in [0.29, 0.717) is 36.1 Å². The summed E-state index contributed by atoms with van der Waals surface area (Å²) in [6.45, 7) is 1.70. The van der Waals surface area contributed by atoms with Gasteiger partial charge in [-0.05, 0) is 49.6 Å². The van der Waals surface area contributed by atoms with E-state index in [1.165, 1.54) is 18.2 Å². The second-order valence-corrected chi connectivity index (χ2v) is 7.54. The number of hydrogen-bond acceptors (Lipinski definition) is 4. The number of halogens is 3. The first kappa shape index (κ1) is 20.8. The average molecular weight is 427 g/mol. The molecule has 0 saturated heterocycles. The summed E-state index contributed by atoms with van der Waals surface area (Å²) in [6.07, 6.45) is 0.265. The molecule has 0 saturated carbocycles. The van der Waals surface area contributed by atoms with Gasteiger partial charge in [0.25, 0.3) is 5.91 Å². The Balaban J connectivity index is 1.78. The molecule has 0 radical (unpaired) electrons. The van der Waals surface area contributed by atoms with Crippen LogP contribution in [0, 0.1) is 0 Å². The number of aromatic nitrogens is 1. The van der Waals surface area contributed by atoms with Crippen LogP contribution < -0.4 is 10.6 Å². The molecule has 1 atom stereocenters. The molecular weight excluding hydrogens is 407 g/mol. The highest BCUT2D eigenvalue weighted by molar-refractivity contribution is 6.10. The van der Waals surface area contributed by atoms with Crippen molar-refractivity contribution in [1.29, 1.82) is 0 Å². The minimum atomic E-state index is -4.61. The first-order valence-electron chi connectivity index (χ1n) is 9.89. The van der Waals surface area contributed by atoms with Crippen molar-refractivity contribution in [3.8, 4) is 0 Å². The summed E-state index contributed by atoms with van der Waals surface area (Å²) in [5.41, 5.74) is 1.42. The summed E-state index contributed by atoms with van der Waals surface area (Å²) >= 11 is 0. The maximum atomic E-state index is 13.4. The standard InChI is InChI=1S/C23H20F3N3O2/c1-13-19(22(31)29-16-6-3-2-5-15(16)23(24,25)26)20(14-9-11-27-12-10-14)21-17(28-13)7-4-8-18(21)30/h2-3,5-6,9-12,20,28H,4,7-8H2,1H3,(H,29,31)/t20-/m0/s1. The van der Waals surface area contributed by atoms with Crippen LogP contribution in [0.5, 0.6) is 0 Å². The Morgan fingerprint density at radius 3 is 2.55 bits per heavy atom. The highest BCUT2D eigenvalue weighted by Gasteiger charge is 2.39. The average Bonchev–Trinajstić information content (AvgIpc) is 2.73. The van der Waals surface area contributed by atoms with E-state index in [0.717, 1.165) is 11.8 Å². The molecule has 8 heteroatoms. The predicted molar refractivity (Wildman–Crippen MR) is 109 cm³/mol. The molecule has 31 heavy (non-hydrogen) atoms. The van der Waals surface area contributed by atoms with Gasteiger partial charge in [0.15, 0.2) is 5.78 Å². The Hall–Kier alpha value is -3.42. The van der Waals surface area contributed by atoms with Gasteiger partial charge >= 0.3 is 6.18 Å². The van der Waals surface area contributed by atoms with Gasteiger partial charge in [-0.15, -0.1) is 0 Å². The predicted octanol–water partition coefficient (Wildman–Crippen LogP) is 4.71. The molecule has 160 valence electrons. The number of carbonyl (C=O) groups is 2. The summed E-state index contributed by atoms with van der Waals surface area (Å²) in [6, 6.07) is 8.26. The number of alkyl halides is 3. The SMILES string of the molecule is CC1=C(C(=O)Nc2ccccc2C(F)(F)F)[C@H](c2ccncc2)C2=C(CCCC2=O)N1. The maximum Gasteiger partial charge on any atom is 0.418 e. The van der Waals surface area contributed by atoms with Gasteiger partial charge in [-0.25, -0.2) is 0 Å². The first-order valence-corrected chi connectivity index (χ1v) is 9.89. The van der Waals surface area contributed by atoms with E-state index in [2.05, 4.69) is 15.6 Å². The molecule has 0 spiro atoms. The summed E-state index contributed by atoms with van der Waals surface area (Å²) < 4.78 is 40.2. The fraction of sp³-hybridized carbons (Fsp3) is 0.261. The van der Waals surface area contributed by atoms with Gasteiger partial charge in [0.2, 0.25) is 0 Å². The molecule has 0 fully saturated rings. The third-order valence-electron chi connectivity index (χ3n) is 5.54. The lowest BCUT2D eigenvalue weighted by Gasteiger charge is -2.34. The number of carbonyl (C=O) groups excluding carboxylic acids is 2. The van der Waals surface area contributed by atoms with E-state index in [4.69, 9.17) is 0 Å². The lowest BCUT2D eigenvalue weighted by molar-refractivity contribution is -0.137. The summed E-state index contributed by atoms with van der Waals surface area (Å²) in [5.74, 6) is -1.43. The number of dihydropyridines is 1. The molecule has 2 N–H and O–H groups in total. The molecule has 1 aliphatic carbocycles. The Morgan fingerprint density at radius 2 is 1.84 bits per heavy atom. The van der Waals surface area contributed by atoms with Crippen LogP contribution in [0.15, 0.2) is 71.3 Å². The van der Waals surface area contributed by atoms with Crippen molar-refractivity contribution in [1.82, 2.24) is 10.3 Å². The summed E-state index contributed by atoms with van der Waals surface area (Å²) in [4.78, 5) is 30.1. The second kappa shape index (κ2) is 8.02. The van der Waals surface area contributed by atoms with E-state index in [1.807, 2.05) is 0 Å². The fourth-order valence-electron chi connectivity index (χ4n) is 4.20. The van der Waals surface area contributed by atoms with Gasteiger partial charge in [-0.3, -0.25) is 14.6 Å². The Labute approximate surface area is 177 Å². The van der Waals surface area contributed by atoms with Crippen LogP contribution in [0.1, 0.15) is 43.2 Å². The largest absolute Gasteiger partial charge is 0.418 e. The highest BCUT2D eigenvalue weighted by Crippen LogP contribution is 2.43. The Kier molecular flexibility index (Phi) is 5.39. The Morgan fingerprint density at radius 1 is 1.13 bits per heavy atom. The third-order valence-corrected chi connectivity index (χ3v) is 5.54. The van der Waals surface area contributed by atoms with Gasteiger partial charge in [0.1, 0.15) is 0 Å². The van der Waals surface area contributed by atoms with Gasteiger partial charge in [0, 0.05) is 47.3 Å². The third kappa shape index (κ3) is 3.97. The van der Waals surface area contributed by atoms with Crippen molar-refractivity contribution < 1.29 is 22.8 Å². The van der Waals surface area contributed by atoms with Crippen molar-refractivity contribution in [2.75, 3.05) is 5.32 Å². The van der Waals surface area contributed by atoms with Crippen LogP contribution in [-0.2, 0) is 15.8 Å². The van der Waals surface area contributed by atoms with Crippen LogP contribution in [0.2, 0.25) is 0 Å². The number of hydrogen-bond donors (Lipinski definition) is 2. The molecule has 2 aliphatic rings. The number of allylic oxidation sites excluding steroid dienone is 3. The number of nitrogens with one attached hydrogen (secondary N) is 2. The van der Waals surface area contributed by atoms with Crippen LogP contribution in [0.25, 0.3) is 0 Å². The quantitative estimate of drug-likeness (QED) is 0.745. The topological polar surface area (TPSA) is 71.1 Å². The number of rotatable bonds is 3. The monoisotopic (exact) mass is 427 g/mol. The van der Waals surface area contributed by atoms with Crippen molar-refractivity contribution in [3.63, 3.8) is 0 Å². The molecule has 0 unspecified atom stereocenters. The second-order valence-electron chi connectivity index (χ2n) is 7.54. The van der Waals surface area contributed by atoms with Crippen molar-refractivity contribution in [2.45, 2.75) is 38.3 Å². The van der Waals surface area contributed by atoms with Crippen molar-refractivity contribution >= 4 is 17.4 Å². The van der Waals surface area contributed by atoms with E-state index >= 15 is 0 Å². The smallest absolute Gasteiger partial charge is 0.362 e. The fourth-order valence-corrected chi connectivity index (χ4v) is 4.20. The number of benzene rings is 1. The number of anilines is 1. The molecule has 0 bridgehead atoms. The molecule has 2 heterocycles. The number of para-hydroxylation sites is 1. The molecule has 1 aromatic heterocycles. The van der Waals surface area contributed by atoms with Crippen LogP contribution in [-0.4, -0.2) is 16.7 Å². The molecule has 2 aromatic rings. The lowest BCUT2D eigenvalue weighted by Crippen LogP contribution is -2.35. The zero-order chi connectivity index (χ0) is 22.2. The molecule has 1 aliphatic heterocycles. The minimum absolute atomic E-state index is 0.0657. The zero-order valence-electron chi connectivity index (χ0n) is 16.7.